The van der Waals surface area contributed by atoms with Crippen LogP contribution >= 0.6 is 0 Å². The van der Waals surface area contributed by atoms with Gasteiger partial charge in [-0.3, -0.25) is 9.80 Å². The van der Waals surface area contributed by atoms with Crippen LogP contribution in [0.25, 0.3) is 0 Å². The Morgan fingerprint density at radius 1 is 1.12 bits per heavy atom. The summed E-state index contributed by atoms with van der Waals surface area (Å²) in [7, 11) is 2.17. The van der Waals surface area contributed by atoms with E-state index in [2.05, 4.69) is 27.8 Å². The number of hydrogen-bond donors (Lipinski definition) is 2. The highest BCUT2D eigenvalue weighted by Gasteiger charge is 2.36. The lowest BCUT2D eigenvalue weighted by molar-refractivity contribution is -0.108. The fourth-order valence-corrected chi connectivity index (χ4v) is 3.60. The van der Waals surface area contributed by atoms with Crippen LogP contribution in [0.3, 0.4) is 0 Å². The minimum absolute atomic E-state index is 0.489. The molecule has 2 fully saturated rings. The Bertz CT molecular complexity index is 573. The van der Waals surface area contributed by atoms with Gasteiger partial charge in [-0.25, -0.2) is 0 Å². The monoisotopic (exact) mass is 363 g/mol. The summed E-state index contributed by atoms with van der Waals surface area (Å²) < 4.78 is 6.08. The Morgan fingerprint density at radius 2 is 1.85 bits per heavy atom. The quantitative estimate of drug-likeness (QED) is 0.773. The van der Waals surface area contributed by atoms with E-state index < -0.39 is 11.7 Å². The van der Waals surface area contributed by atoms with Gasteiger partial charge in [-0.05, 0) is 26.5 Å². The number of nitrogens with zero attached hydrogens (tertiary/aromatic N) is 3. The Labute approximate surface area is 157 Å². The summed E-state index contributed by atoms with van der Waals surface area (Å²) in [6, 6.07) is 8.14. The molecule has 0 amide bonds. The van der Waals surface area contributed by atoms with Crippen molar-refractivity contribution in [3.8, 4) is 5.75 Å². The standard InChI is InChI=1S/C20H33N3O3/c1-20(25)7-8-23(16-19(20)24)15-17-5-3-4-6-18(17)26-14-13-22-11-9-21(2)10-12-22/h3-6,19,24-25H,7-16H2,1-2H3/t19-,20-/m0/s1. The summed E-state index contributed by atoms with van der Waals surface area (Å²) in [5.74, 6) is 0.924. The molecule has 6 nitrogen and oxygen atoms in total. The van der Waals surface area contributed by atoms with Crippen molar-refractivity contribution in [2.75, 3.05) is 59.5 Å². The van der Waals surface area contributed by atoms with Crippen molar-refractivity contribution in [2.45, 2.75) is 31.6 Å². The van der Waals surface area contributed by atoms with E-state index in [0.717, 1.165) is 57.1 Å². The number of aliphatic hydroxyl groups is 2. The third-order valence-corrected chi connectivity index (χ3v) is 5.71. The summed E-state index contributed by atoms with van der Waals surface area (Å²) in [6.07, 6.45) is -0.123. The molecule has 0 aliphatic carbocycles. The predicted molar refractivity (Wildman–Crippen MR) is 102 cm³/mol. The van der Waals surface area contributed by atoms with Gasteiger partial charge in [0.15, 0.2) is 0 Å². The van der Waals surface area contributed by atoms with Crippen LogP contribution in [-0.4, -0.2) is 96.1 Å². The lowest BCUT2D eigenvalue weighted by atomic mass is 9.90. The first-order valence-corrected chi connectivity index (χ1v) is 9.68. The van der Waals surface area contributed by atoms with E-state index in [1.807, 2.05) is 18.2 Å². The SMILES string of the molecule is CN1CCN(CCOc2ccccc2CN2CC[C@](C)(O)[C@@H](O)C2)CC1. The van der Waals surface area contributed by atoms with E-state index in [1.165, 1.54) is 0 Å². The molecule has 1 aromatic carbocycles. The van der Waals surface area contributed by atoms with Crippen LogP contribution in [0.2, 0.25) is 0 Å². The highest BCUT2D eigenvalue weighted by Crippen LogP contribution is 2.26. The number of β-amino-alcohol motifs (C(OH)–C–C–N with tert-alkyl or cyclic N) is 1. The summed E-state index contributed by atoms with van der Waals surface area (Å²) in [5.41, 5.74) is 0.161. The Morgan fingerprint density at radius 3 is 2.58 bits per heavy atom. The number of likely N-dealkylation sites (tertiary alicyclic amines) is 1. The molecule has 2 N–H and O–H groups in total. The predicted octanol–water partition coefficient (Wildman–Crippen LogP) is 0.630. The highest BCUT2D eigenvalue weighted by atomic mass is 16.5. The van der Waals surface area contributed by atoms with Crippen LogP contribution in [-0.2, 0) is 6.54 Å². The topological polar surface area (TPSA) is 59.4 Å². The number of ether oxygens (including phenoxy) is 1. The molecule has 2 aliphatic rings. The average Bonchev–Trinajstić information content (AvgIpc) is 2.62. The Hall–Kier alpha value is -1.18. The molecule has 0 bridgehead atoms. The molecule has 0 spiro atoms. The minimum atomic E-state index is -0.977. The molecule has 0 saturated carbocycles. The molecule has 0 radical (unpaired) electrons. The molecule has 146 valence electrons. The Kier molecular flexibility index (Phi) is 6.53. The van der Waals surface area contributed by atoms with Gasteiger partial charge in [0.2, 0.25) is 0 Å². The maximum Gasteiger partial charge on any atom is 0.123 e. The summed E-state index contributed by atoms with van der Waals surface area (Å²) in [5, 5.41) is 20.3. The fourth-order valence-electron chi connectivity index (χ4n) is 3.60. The molecule has 2 aliphatic heterocycles. The second-order valence-corrected chi connectivity index (χ2v) is 7.96. The van der Waals surface area contributed by atoms with Crippen LogP contribution < -0.4 is 4.74 Å². The van der Waals surface area contributed by atoms with Gasteiger partial charge in [0, 0.05) is 57.9 Å². The number of benzene rings is 1. The number of hydrogen-bond acceptors (Lipinski definition) is 6. The van der Waals surface area contributed by atoms with Gasteiger partial charge in [0.05, 0.1) is 11.7 Å². The van der Waals surface area contributed by atoms with Gasteiger partial charge in [0.1, 0.15) is 12.4 Å². The normalized spacial score (nSPS) is 29.0. The summed E-state index contributed by atoms with van der Waals surface area (Å²) in [4.78, 5) is 6.99. The zero-order chi connectivity index (χ0) is 18.6. The maximum atomic E-state index is 10.1. The number of piperidine rings is 1. The van der Waals surface area contributed by atoms with Crippen LogP contribution in [0, 0.1) is 0 Å². The van der Waals surface area contributed by atoms with Gasteiger partial charge in [-0.1, -0.05) is 18.2 Å². The smallest absolute Gasteiger partial charge is 0.123 e. The van der Waals surface area contributed by atoms with Gasteiger partial charge in [-0.2, -0.15) is 0 Å². The van der Waals surface area contributed by atoms with E-state index in [-0.39, 0.29) is 0 Å². The molecule has 0 unspecified atom stereocenters. The zero-order valence-electron chi connectivity index (χ0n) is 16.1. The molecular formula is C20H33N3O3. The van der Waals surface area contributed by atoms with E-state index in [1.54, 1.807) is 6.92 Å². The first-order valence-electron chi connectivity index (χ1n) is 9.68. The average molecular weight is 364 g/mol. The highest BCUT2D eigenvalue weighted by molar-refractivity contribution is 5.33. The van der Waals surface area contributed by atoms with Crippen molar-refractivity contribution >= 4 is 0 Å². The van der Waals surface area contributed by atoms with Gasteiger partial charge in [0.25, 0.3) is 0 Å². The number of rotatable bonds is 6. The molecule has 2 heterocycles. The van der Waals surface area contributed by atoms with Crippen LogP contribution in [0.4, 0.5) is 0 Å². The minimum Gasteiger partial charge on any atom is -0.492 e. The molecule has 2 saturated heterocycles. The van der Waals surface area contributed by atoms with Crippen molar-refractivity contribution in [3.05, 3.63) is 29.8 Å². The van der Waals surface area contributed by atoms with Crippen molar-refractivity contribution < 1.29 is 14.9 Å². The molecule has 6 heteroatoms. The van der Waals surface area contributed by atoms with Crippen molar-refractivity contribution in [1.82, 2.24) is 14.7 Å². The first-order chi connectivity index (χ1) is 12.4. The van der Waals surface area contributed by atoms with E-state index >= 15 is 0 Å². The maximum absolute atomic E-state index is 10.1. The van der Waals surface area contributed by atoms with Crippen molar-refractivity contribution in [1.29, 1.82) is 0 Å². The lowest BCUT2D eigenvalue weighted by Gasteiger charge is -2.40. The van der Waals surface area contributed by atoms with Crippen LogP contribution in [0.5, 0.6) is 5.75 Å². The van der Waals surface area contributed by atoms with E-state index in [0.29, 0.717) is 19.6 Å². The largest absolute Gasteiger partial charge is 0.492 e. The second kappa shape index (κ2) is 8.67. The molecule has 0 aromatic heterocycles. The fraction of sp³-hybridized carbons (Fsp3) is 0.700. The number of likely N-dealkylation sites (N-methyl/N-ethyl adjacent to an activating group) is 1. The summed E-state index contributed by atoms with van der Waals surface area (Å²) >= 11 is 0. The van der Waals surface area contributed by atoms with Gasteiger partial charge >= 0.3 is 0 Å². The van der Waals surface area contributed by atoms with Gasteiger partial charge in [-0.15, -0.1) is 0 Å². The summed E-state index contributed by atoms with van der Waals surface area (Å²) in [6.45, 7) is 9.81. The number of aliphatic hydroxyl groups excluding tert-OH is 1. The third-order valence-electron chi connectivity index (χ3n) is 5.71. The molecule has 3 rings (SSSR count). The lowest BCUT2D eigenvalue weighted by Crippen LogP contribution is -2.53. The van der Waals surface area contributed by atoms with Crippen molar-refractivity contribution in [2.24, 2.45) is 0 Å². The van der Waals surface area contributed by atoms with Crippen LogP contribution in [0.15, 0.2) is 24.3 Å². The Balaban J connectivity index is 1.50. The molecule has 1 aromatic rings. The van der Waals surface area contributed by atoms with E-state index in [4.69, 9.17) is 4.74 Å². The zero-order valence-corrected chi connectivity index (χ0v) is 16.1. The van der Waals surface area contributed by atoms with Crippen molar-refractivity contribution in [3.63, 3.8) is 0 Å². The number of piperazine rings is 1. The third kappa shape index (κ3) is 5.18. The first kappa shape index (κ1) is 19.6. The number of para-hydroxylation sites is 1. The molecule has 2 atom stereocenters. The van der Waals surface area contributed by atoms with Gasteiger partial charge < -0.3 is 19.8 Å². The molecule has 26 heavy (non-hydrogen) atoms. The van der Waals surface area contributed by atoms with Crippen LogP contribution in [0.1, 0.15) is 18.9 Å². The second-order valence-electron chi connectivity index (χ2n) is 7.96. The van der Waals surface area contributed by atoms with E-state index in [9.17, 15) is 10.2 Å². The molecular weight excluding hydrogens is 330 g/mol.